The largest absolute Gasteiger partial charge is 0.490 e. The van der Waals surface area contributed by atoms with E-state index in [0.717, 1.165) is 0 Å². The highest BCUT2D eigenvalue weighted by atomic mass is 19.3. The average Bonchev–Trinajstić information content (AvgIpc) is 2.82. The first-order valence-electron chi connectivity index (χ1n) is 5.44. The van der Waals surface area contributed by atoms with Crippen LogP contribution in [0.1, 0.15) is 21.8 Å². The van der Waals surface area contributed by atoms with Crippen molar-refractivity contribution in [3.05, 3.63) is 29.3 Å². The van der Waals surface area contributed by atoms with Gasteiger partial charge in [0.2, 0.25) is 0 Å². The Morgan fingerprint density at radius 3 is 2.94 bits per heavy atom. The number of carbonyl (C=O) groups is 1. The van der Waals surface area contributed by atoms with E-state index < -0.39 is 23.3 Å². The predicted octanol–water partition coefficient (Wildman–Crippen LogP) is 1.30. The number of alkyl halides is 2. The van der Waals surface area contributed by atoms with Gasteiger partial charge in [0.1, 0.15) is 23.5 Å². The van der Waals surface area contributed by atoms with Crippen molar-refractivity contribution in [2.75, 3.05) is 13.7 Å². The molecule has 4 nitrogen and oxygen atoms in total. The Balaban J connectivity index is 2.12. The Kier molecular flexibility index (Phi) is 2.03. The fourth-order valence-corrected chi connectivity index (χ4v) is 2.53. The minimum absolute atomic E-state index is 0.153. The van der Waals surface area contributed by atoms with Gasteiger partial charge in [-0.1, -0.05) is 12.1 Å². The summed E-state index contributed by atoms with van der Waals surface area (Å²) in [5.74, 6) is -4.53. The average molecular weight is 255 g/mol. The van der Waals surface area contributed by atoms with Gasteiger partial charge in [0.25, 0.3) is 5.92 Å². The summed E-state index contributed by atoms with van der Waals surface area (Å²) in [6, 6.07) is 4.51. The number of para-hydroxylation sites is 1. The van der Waals surface area contributed by atoms with Gasteiger partial charge in [-0.3, -0.25) is 0 Å². The van der Waals surface area contributed by atoms with Crippen LogP contribution in [0.5, 0.6) is 5.75 Å². The smallest absolute Gasteiger partial charge is 0.341 e. The molecule has 0 radical (unpaired) electrons. The summed E-state index contributed by atoms with van der Waals surface area (Å²) in [5, 5.41) is 0. The first-order chi connectivity index (χ1) is 8.43. The molecule has 6 heteroatoms. The molecule has 3 rings (SSSR count). The van der Waals surface area contributed by atoms with Gasteiger partial charge in [0.15, 0.2) is 0 Å². The minimum Gasteiger partial charge on any atom is -0.490 e. The lowest BCUT2D eigenvalue weighted by atomic mass is 10.00. The topological polar surface area (TPSA) is 61.5 Å². The molecule has 18 heavy (non-hydrogen) atoms. The van der Waals surface area contributed by atoms with Crippen LogP contribution in [-0.4, -0.2) is 31.1 Å². The maximum Gasteiger partial charge on any atom is 0.341 e. The third kappa shape index (κ3) is 1.13. The molecular weight excluding hydrogens is 244 g/mol. The fourth-order valence-electron chi connectivity index (χ4n) is 2.53. The number of hydrogen-bond acceptors (Lipinski definition) is 4. The van der Waals surface area contributed by atoms with Crippen molar-refractivity contribution in [3.63, 3.8) is 0 Å². The summed E-state index contributed by atoms with van der Waals surface area (Å²) < 4.78 is 37.2. The predicted molar refractivity (Wildman–Crippen MR) is 57.9 cm³/mol. The van der Waals surface area contributed by atoms with E-state index in [0.29, 0.717) is 0 Å². The SMILES string of the molecule is COC(=O)c1cccc2c1OCC1(N)C2C1(F)F. The number of benzene rings is 1. The molecule has 2 atom stereocenters. The van der Waals surface area contributed by atoms with Crippen molar-refractivity contribution in [2.45, 2.75) is 17.4 Å². The summed E-state index contributed by atoms with van der Waals surface area (Å²) in [5.41, 5.74) is 4.40. The fraction of sp³-hybridized carbons (Fsp3) is 0.417. The van der Waals surface area contributed by atoms with Gasteiger partial charge < -0.3 is 15.2 Å². The zero-order chi connectivity index (χ0) is 13.1. The molecule has 0 bridgehead atoms. The number of ether oxygens (including phenoxy) is 2. The summed E-state index contributed by atoms with van der Waals surface area (Å²) in [6.45, 7) is -0.300. The highest BCUT2D eigenvalue weighted by molar-refractivity contribution is 5.93. The van der Waals surface area contributed by atoms with E-state index in [-0.39, 0.29) is 23.5 Å². The number of nitrogens with two attached hydrogens (primary N) is 1. The first-order valence-corrected chi connectivity index (χ1v) is 5.44. The van der Waals surface area contributed by atoms with Gasteiger partial charge in [0, 0.05) is 5.56 Å². The lowest BCUT2D eigenvalue weighted by molar-refractivity contribution is 0.0592. The molecule has 1 saturated carbocycles. The Morgan fingerprint density at radius 2 is 2.28 bits per heavy atom. The molecule has 2 N–H and O–H groups in total. The van der Waals surface area contributed by atoms with Crippen LogP contribution in [0.4, 0.5) is 8.78 Å². The van der Waals surface area contributed by atoms with E-state index >= 15 is 0 Å². The second-order valence-electron chi connectivity index (χ2n) is 4.60. The Labute approximate surface area is 102 Å². The molecule has 2 unspecified atom stereocenters. The Bertz CT molecular complexity index is 546. The molecule has 96 valence electrons. The van der Waals surface area contributed by atoms with E-state index in [1.165, 1.54) is 25.3 Å². The second kappa shape index (κ2) is 3.20. The quantitative estimate of drug-likeness (QED) is 0.768. The van der Waals surface area contributed by atoms with Gasteiger partial charge in [-0.15, -0.1) is 0 Å². The summed E-state index contributed by atoms with van der Waals surface area (Å²) in [6.07, 6.45) is 0. The van der Waals surface area contributed by atoms with Crippen molar-refractivity contribution in [1.29, 1.82) is 0 Å². The molecular formula is C12H11F2NO3. The number of rotatable bonds is 1. The van der Waals surface area contributed by atoms with Gasteiger partial charge in [0.05, 0.1) is 13.0 Å². The Hall–Kier alpha value is -1.69. The number of carbonyl (C=O) groups excluding carboxylic acids is 1. The molecule has 1 aromatic rings. The van der Waals surface area contributed by atoms with Crippen molar-refractivity contribution in [2.24, 2.45) is 5.73 Å². The molecule has 2 aliphatic rings. The van der Waals surface area contributed by atoms with E-state index in [9.17, 15) is 13.6 Å². The lowest BCUT2D eigenvalue weighted by Crippen LogP contribution is -2.39. The van der Waals surface area contributed by atoms with Gasteiger partial charge in [-0.05, 0) is 6.07 Å². The zero-order valence-corrected chi connectivity index (χ0v) is 9.57. The third-order valence-electron chi connectivity index (χ3n) is 3.63. The second-order valence-corrected chi connectivity index (χ2v) is 4.60. The number of methoxy groups -OCH3 is 1. The van der Waals surface area contributed by atoms with E-state index in [2.05, 4.69) is 4.74 Å². The highest BCUT2D eigenvalue weighted by Crippen LogP contribution is 2.66. The van der Waals surface area contributed by atoms with Gasteiger partial charge >= 0.3 is 5.97 Å². The lowest BCUT2D eigenvalue weighted by Gasteiger charge is -2.21. The molecule has 1 aliphatic heterocycles. The molecule has 0 amide bonds. The van der Waals surface area contributed by atoms with Crippen LogP contribution in [0.2, 0.25) is 0 Å². The van der Waals surface area contributed by atoms with E-state index in [1.54, 1.807) is 0 Å². The molecule has 0 saturated heterocycles. The van der Waals surface area contributed by atoms with Gasteiger partial charge in [-0.25, -0.2) is 13.6 Å². The summed E-state index contributed by atoms with van der Waals surface area (Å²) in [4.78, 5) is 11.5. The van der Waals surface area contributed by atoms with Crippen LogP contribution in [0, 0.1) is 0 Å². The van der Waals surface area contributed by atoms with Crippen molar-refractivity contribution >= 4 is 5.97 Å². The van der Waals surface area contributed by atoms with Crippen LogP contribution in [-0.2, 0) is 4.74 Å². The number of esters is 1. The van der Waals surface area contributed by atoms with Crippen molar-refractivity contribution < 1.29 is 23.0 Å². The van der Waals surface area contributed by atoms with Crippen LogP contribution in [0.3, 0.4) is 0 Å². The first kappa shape index (κ1) is 11.4. The van der Waals surface area contributed by atoms with Crippen molar-refractivity contribution in [3.8, 4) is 5.75 Å². The number of halogens is 2. The summed E-state index contributed by atoms with van der Waals surface area (Å²) >= 11 is 0. The highest BCUT2D eigenvalue weighted by Gasteiger charge is 2.81. The third-order valence-corrected chi connectivity index (χ3v) is 3.63. The maximum atomic E-state index is 13.7. The van der Waals surface area contributed by atoms with Crippen LogP contribution >= 0.6 is 0 Å². The molecule has 0 spiro atoms. The monoisotopic (exact) mass is 255 g/mol. The van der Waals surface area contributed by atoms with Crippen LogP contribution < -0.4 is 10.5 Å². The number of fused-ring (bicyclic) bond motifs is 3. The molecule has 0 aromatic heterocycles. The molecule has 1 aliphatic carbocycles. The zero-order valence-electron chi connectivity index (χ0n) is 9.57. The van der Waals surface area contributed by atoms with E-state index in [1.807, 2.05) is 0 Å². The van der Waals surface area contributed by atoms with Crippen molar-refractivity contribution in [1.82, 2.24) is 0 Å². The minimum atomic E-state index is -2.99. The van der Waals surface area contributed by atoms with E-state index in [4.69, 9.17) is 10.5 Å². The molecule has 1 fully saturated rings. The molecule has 1 heterocycles. The van der Waals surface area contributed by atoms with Crippen LogP contribution in [0.15, 0.2) is 18.2 Å². The molecule has 1 aromatic carbocycles. The summed E-state index contributed by atoms with van der Waals surface area (Å²) in [7, 11) is 1.23. The standard InChI is InChI=1S/C12H11F2NO3/c1-17-10(16)7-4-2-3-6-8(7)18-5-11(15)9(6)12(11,13)14/h2-4,9H,5,15H2,1H3. The number of hydrogen-bond donors (Lipinski definition) is 1. The maximum absolute atomic E-state index is 13.7. The normalized spacial score (nSPS) is 30.8. The van der Waals surface area contributed by atoms with Gasteiger partial charge in [-0.2, -0.15) is 0 Å². The van der Waals surface area contributed by atoms with Crippen LogP contribution in [0.25, 0.3) is 0 Å². The Morgan fingerprint density at radius 1 is 1.56 bits per heavy atom.